The minimum absolute atomic E-state index is 0.229. The standard InChI is InChI=1S/C9H11NO5S2/c11-9(10-1-3-15-4-2-10)8-5-7(6-16-8)17(12,13)14/h5-6H,1-4H2,(H,12,13,14). The van der Waals surface area contributed by atoms with Crippen LogP contribution in [0.1, 0.15) is 9.67 Å². The van der Waals surface area contributed by atoms with Gasteiger partial charge in [0.2, 0.25) is 0 Å². The maximum absolute atomic E-state index is 11.9. The molecule has 0 aromatic carbocycles. The van der Waals surface area contributed by atoms with Crippen LogP contribution < -0.4 is 0 Å². The maximum atomic E-state index is 11.9. The molecule has 1 aromatic heterocycles. The first-order chi connectivity index (χ1) is 7.98. The number of ether oxygens (including phenoxy) is 1. The highest BCUT2D eigenvalue weighted by Crippen LogP contribution is 2.20. The highest BCUT2D eigenvalue weighted by molar-refractivity contribution is 7.86. The first-order valence-corrected chi connectivity index (χ1v) is 7.23. The molecule has 0 atom stereocenters. The van der Waals surface area contributed by atoms with E-state index in [1.54, 1.807) is 4.90 Å². The predicted octanol–water partition coefficient (Wildman–Crippen LogP) is 0.467. The fraction of sp³-hybridized carbons (Fsp3) is 0.444. The molecule has 0 radical (unpaired) electrons. The van der Waals surface area contributed by atoms with Gasteiger partial charge in [0, 0.05) is 18.5 Å². The topological polar surface area (TPSA) is 83.9 Å². The fourth-order valence-corrected chi connectivity index (χ4v) is 3.20. The van der Waals surface area contributed by atoms with Crippen molar-refractivity contribution >= 4 is 27.4 Å². The zero-order valence-electron chi connectivity index (χ0n) is 8.83. The lowest BCUT2D eigenvalue weighted by Crippen LogP contribution is -2.40. The number of carbonyl (C=O) groups excluding carboxylic acids is 1. The van der Waals surface area contributed by atoms with Crippen molar-refractivity contribution in [1.82, 2.24) is 4.90 Å². The van der Waals surface area contributed by atoms with Crippen molar-refractivity contribution in [2.75, 3.05) is 26.3 Å². The van der Waals surface area contributed by atoms with Gasteiger partial charge in [-0.15, -0.1) is 11.3 Å². The molecule has 0 aliphatic carbocycles. The van der Waals surface area contributed by atoms with Crippen molar-refractivity contribution in [2.45, 2.75) is 4.90 Å². The maximum Gasteiger partial charge on any atom is 0.295 e. The average Bonchev–Trinajstić information content (AvgIpc) is 2.78. The smallest absolute Gasteiger partial charge is 0.295 e. The second-order valence-corrected chi connectivity index (χ2v) is 5.86. The molecule has 1 fully saturated rings. The second kappa shape index (κ2) is 4.73. The fourth-order valence-electron chi connectivity index (χ4n) is 1.49. The number of rotatable bonds is 2. The van der Waals surface area contributed by atoms with Crippen molar-refractivity contribution in [3.05, 3.63) is 16.3 Å². The molecule has 2 heterocycles. The minimum atomic E-state index is -4.23. The van der Waals surface area contributed by atoms with E-state index in [4.69, 9.17) is 9.29 Å². The number of hydrogen-bond donors (Lipinski definition) is 1. The van der Waals surface area contributed by atoms with Crippen LogP contribution in [0.15, 0.2) is 16.3 Å². The molecule has 1 saturated heterocycles. The monoisotopic (exact) mass is 277 g/mol. The largest absolute Gasteiger partial charge is 0.378 e. The molecule has 1 N–H and O–H groups in total. The zero-order chi connectivity index (χ0) is 12.5. The van der Waals surface area contributed by atoms with Gasteiger partial charge in [0.05, 0.1) is 18.1 Å². The van der Waals surface area contributed by atoms with E-state index < -0.39 is 10.1 Å². The summed E-state index contributed by atoms with van der Waals surface area (Å²) >= 11 is 1.01. The van der Waals surface area contributed by atoms with Gasteiger partial charge >= 0.3 is 0 Å². The molecule has 0 saturated carbocycles. The van der Waals surface area contributed by atoms with Gasteiger partial charge in [0.25, 0.3) is 16.0 Å². The third-order valence-electron chi connectivity index (χ3n) is 2.38. The number of hydrogen-bond acceptors (Lipinski definition) is 5. The molecule has 0 unspecified atom stereocenters. The van der Waals surface area contributed by atoms with Gasteiger partial charge in [-0.1, -0.05) is 0 Å². The highest BCUT2D eigenvalue weighted by atomic mass is 32.2. The van der Waals surface area contributed by atoms with Crippen molar-refractivity contribution in [3.8, 4) is 0 Å². The van der Waals surface area contributed by atoms with Crippen molar-refractivity contribution < 1.29 is 22.5 Å². The second-order valence-electron chi connectivity index (χ2n) is 3.53. The van der Waals surface area contributed by atoms with Gasteiger partial charge in [-0.2, -0.15) is 8.42 Å². The summed E-state index contributed by atoms with van der Waals surface area (Å²) in [5, 5.41) is 1.25. The Labute approximate surface area is 103 Å². The molecular weight excluding hydrogens is 266 g/mol. The molecule has 1 aliphatic heterocycles. The summed E-state index contributed by atoms with van der Waals surface area (Å²) in [6.07, 6.45) is 0. The van der Waals surface area contributed by atoms with Crippen LogP contribution in [0.5, 0.6) is 0 Å². The Bertz CT molecular complexity index is 515. The summed E-state index contributed by atoms with van der Waals surface area (Å²) in [4.78, 5) is 13.6. The molecule has 1 amide bonds. The Balaban J connectivity index is 2.17. The van der Waals surface area contributed by atoms with E-state index in [2.05, 4.69) is 0 Å². The third kappa shape index (κ3) is 2.83. The van der Waals surface area contributed by atoms with E-state index in [-0.39, 0.29) is 10.8 Å². The van der Waals surface area contributed by atoms with Crippen LogP contribution in [0, 0.1) is 0 Å². The summed E-state index contributed by atoms with van der Waals surface area (Å²) in [5.41, 5.74) is 0. The number of nitrogens with zero attached hydrogens (tertiary/aromatic N) is 1. The average molecular weight is 277 g/mol. The van der Waals surface area contributed by atoms with Gasteiger partial charge in [-0.25, -0.2) is 0 Å². The molecule has 17 heavy (non-hydrogen) atoms. The first kappa shape index (κ1) is 12.5. The summed E-state index contributed by atoms with van der Waals surface area (Å²) < 4.78 is 35.7. The quantitative estimate of drug-likeness (QED) is 0.794. The molecule has 1 aromatic rings. The van der Waals surface area contributed by atoms with Crippen molar-refractivity contribution in [1.29, 1.82) is 0 Å². The zero-order valence-corrected chi connectivity index (χ0v) is 10.5. The van der Waals surface area contributed by atoms with Crippen LogP contribution in [0.3, 0.4) is 0 Å². The molecule has 0 bridgehead atoms. The SMILES string of the molecule is O=C(c1cc(S(=O)(=O)O)cs1)N1CCOCC1. The summed E-state index contributed by atoms with van der Waals surface area (Å²) in [7, 11) is -4.23. The van der Waals surface area contributed by atoms with E-state index >= 15 is 0 Å². The van der Waals surface area contributed by atoms with Gasteiger partial charge < -0.3 is 9.64 Å². The first-order valence-electron chi connectivity index (χ1n) is 4.91. The van der Waals surface area contributed by atoms with E-state index in [1.807, 2.05) is 0 Å². The Morgan fingerprint density at radius 1 is 1.41 bits per heavy atom. The van der Waals surface area contributed by atoms with Gasteiger partial charge in [-0.05, 0) is 6.07 Å². The molecule has 8 heteroatoms. The lowest BCUT2D eigenvalue weighted by molar-refractivity contribution is 0.0306. The number of amides is 1. The normalized spacial score (nSPS) is 17.1. The minimum Gasteiger partial charge on any atom is -0.378 e. The van der Waals surface area contributed by atoms with E-state index in [1.165, 1.54) is 11.4 Å². The number of thiophene rings is 1. The lowest BCUT2D eigenvalue weighted by atomic mass is 10.3. The van der Waals surface area contributed by atoms with Crippen LogP contribution in [-0.2, 0) is 14.9 Å². The van der Waals surface area contributed by atoms with E-state index in [9.17, 15) is 13.2 Å². The predicted molar refractivity (Wildman–Crippen MR) is 60.9 cm³/mol. The molecule has 2 rings (SSSR count). The van der Waals surface area contributed by atoms with Gasteiger partial charge in [-0.3, -0.25) is 9.35 Å². The van der Waals surface area contributed by atoms with Gasteiger partial charge in [0.1, 0.15) is 4.90 Å². The van der Waals surface area contributed by atoms with Gasteiger partial charge in [0.15, 0.2) is 0 Å². The van der Waals surface area contributed by atoms with E-state index in [0.717, 1.165) is 11.3 Å². The Kier molecular flexibility index (Phi) is 3.48. The molecule has 6 nitrogen and oxygen atoms in total. The summed E-state index contributed by atoms with van der Waals surface area (Å²) in [5.74, 6) is -0.229. The number of carbonyl (C=O) groups is 1. The molecule has 1 aliphatic rings. The Morgan fingerprint density at radius 2 is 2.06 bits per heavy atom. The van der Waals surface area contributed by atoms with E-state index in [0.29, 0.717) is 31.2 Å². The Hall–Kier alpha value is -0.960. The van der Waals surface area contributed by atoms with Crippen molar-refractivity contribution in [3.63, 3.8) is 0 Å². The van der Waals surface area contributed by atoms with Crippen molar-refractivity contribution in [2.24, 2.45) is 0 Å². The van der Waals surface area contributed by atoms with Crippen LogP contribution in [-0.4, -0.2) is 50.1 Å². The summed E-state index contributed by atoms with van der Waals surface area (Å²) in [6, 6.07) is 1.19. The molecule has 0 spiro atoms. The molecule has 94 valence electrons. The van der Waals surface area contributed by atoms with Crippen LogP contribution in [0.4, 0.5) is 0 Å². The van der Waals surface area contributed by atoms with Crippen LogP contribution in [0.25, 0.3) is 0 Å². The summed E-state index contributed by atoms with van der Waals surface area (Å²) in [6.45, 7) is 1.97. The lowest BCUT2D eigenvalue weighted by Gasteiger charge is -2.26. The molecular formula is C9H11NO5S2. The van der Waals surface area contributed by atoms with Crippen LogP contribution >= 0.6 is 11.3 Å². The number of morpholine rings is 1. The highest BCUT2D eigenvalue weighted by Gasteiger charge is 2.22. The van der Waals surface area contributed by atoms with Crippen LogP contribution in [0.2, 0.25) is 0 Å². The third-order valence-corrected chi connectivity index (χ3v) is 4.28. The Morgan fingerprint density at radius 3 is 2.59 bits per heavy atom.